The average Bonchev–Trinajstić information content (AvgIpc) is 2.65. The van der Waals surface area contributed by atoms with Gasteiger partial charge in [0.2, 0.25) is 5.91 Å². The number of ether oxygens (including phenoxy) is 1. The fourth-order valence-electron chi connectivity index (χ4n) is 2.91. The molecule has 1 amide bonds. The normalized spacial score (nSPS) is 14.8. The number of carbonyl (C=O) groups is 2. The van der Waals surface area contributed by atoms with Gasteiger partial charge in [0.05, 0.1) is 25.2 Å². The molecule has 1 aromatic rings. The first-order valence-electron chi connectivity index (χ1n) is 8.12. The van der Waals surface area contributed by atoms with Crippen LogP contribution in [0.5, 0.6) is 0 Å². The van der Waals surface area contributed by atoms with Crippen molar-refractivity contribution in [1.82, 2.24) is 4.90 Å². The van der Waals surface area contributed by atoms with E-state index in [2.05, 4.69) is 15.7 Å². The van der Waals surface area contributed by atoms with Crippen LogP contribution in [0.2, 0.25) is 0 Å². The number of piperidine rings is 1. The lowest BCUT2D eigenvalue weighted by Crippen LogP contribution is -2.41. The summed E-state index contributed by atoms with van der Waals surface area (Å²) in [6.45, 7) is 2.02. The van der Waals surface area contributed by atoms with Gasteiger partial charge in [-0.25, -0.2) is 0 Å². The molecule has 0 spiro atoms. The molecule has 1 aliphatic rings. The van der Waals surface area contributed by atoms with Crippen molar-refractivity contribution in [2.45, 2.75) is 19.3 Å². The summed E-state index contributed by atoms with van der Waals surface area (Å²) in [6, 6.07) is 9.63. The molecule has 1 saturated heterocycles. The molecule has 1 fully saturated rings. The summed E-state index contributed by atoms with van der Waals surface area (Å²) in [5.41, 5.74) is 1.73. The van der Waals surface area contributed by atoms with Crippen LogP contribution in [0.1, 0.15) is 24.8 Å². The van der Waals surface area contributed by atoms with Crippen LogP contribution in [0.25, 0.3) is 0 Å². The van der Waals surface area contributed by atoms with Gasteiger partial charge in [-0.1, -0.05) is 0 Å². The molecular weight excluding hydrogens is 306 g/mol. The number of rotatable bonds is 5. The van der Waals surface area contributed by atoms with E-state index in [9.17, 15) is 9.59 Å². The molecule has 0 N–H and O–H groups in total. The number of esters is 1. The van der Waals surface area contributed by atoms with Crippen LogP contribution >= 0.6 is 0 Å². The van der Waals surface area contributed by atoms with Gasteiger partial charge in [0.15, 0.2) is 0 Å². The van der Waals surface area contributed by atoms with Gasteiger partial charge >= 0.3 is 5.97 Å². The van der Waals surface area contributed by atoms with Gasteiger partial charge in [0.25, 0.3) is 0 Å². The van der Waals surface area contributed by atoms with Crippen LogP contribution in [-0.4, -0.2) is 50.6 Å². The third-order valence-electron chi connectivity index (χ3n) is 4.46. The molecule has 1 heterocycles. The number of nitrogens with zero attached hydrogens (tertiary/aromatic N) is 3. The number of benzene rings is 1. The van der Waals surface area contributed by atoms with E-state index in [-0.39, 0.29) is 24.2 Å². The highest BCUT2D eigenvalue weighted by molar-refractivity contribution is 5.79. The van der Waals surface area contributed by atoms with Crippen LogP contribution in [0, 0.1) is 17.2 Å². The number of hydrogen-bond acceptors (Lipinski definition) is 5. The standard InChI is InChI=1S/C18H23N3O3/c1-20(10-9-17(22)24-2)18(23)15-7-11-21(12-8-15)16-5-3-14(13-19)4-6-16/h3-6,15H,7-12H2,1-2H3. The Morgan fingerprint density at radius 1 is 1.29 bits per heavy atom. The lowest BCUT2D eigenvalue weighted by molar-refractivity contribution is -0.142. The Balaban J connectivity index is 1.84. The van der Waals surface area contributed by atoms with E-state index in [4.69, 9.17) is 5.26 Å². The number of amides is 1. The third-order valence-corrected chi connectivity index (χ3v) is 4.46. The number of carbonyl (C=O) groups excluding carboxylic acids is 2. The quantitative estimate of drug-likeness (QED) is 0.770. The average molecular weight is 329 g/mol. The molecule has 0 bridgehead atoms. The molecule has 1 aliphatic heterocycles. The van der Waals surface area contributed by atoms with E-state index in [0.717, 1.165) is 31.6 Å². The topological polar surface area (TPSA) is 73.6 Å². The van der Waals surface area contributed by atoms with Crippen LogP contribution in [0.4, 0.5) is 5.69 Å². The van der Waals surface area contributed by atoms with Gasteiger partial charge in [0.1, 0.15) is 0 Å². The second kappa shape index (κ2) is 8.34. The Morgan fingerprint density at radius 3 is 2.46 bits per heavy atom. The summed E-state index contributed by atoms with van der Waals surface area (Å²) >= 11 is 0. The zero-order valence-corrected chi connectivity index (χ0v) is 14.2. The minimum absolute atomic E-state index is 0.00211. The number of anilines is 1. The summed E-state index contributed by atoms with van der Waals surface area (Å²) in [5.74, 6) is -0.203. The summed E-state index contributed by atoms with van der Waals surface area (Å²) in [7, 11) is 3.08. The first-order valence-corrected chi connectivity index (χ1v) is 8.12. The minimum Gasteiger partial charge on any atom is -0.469 e. The molecular formula is C18H23N3O3. The molecule has 6 heteroatoms. The number of methoxy groups -OCH3 is 1. The van der Waals surface area contributed by atoms with E-state index >= 15 is 0 Å². The summed E-state index contributed by atoms with van der Waals surface area (Å²) in [6.07, 6.45) is 1.81. The highest BCUT2D eigenvalue weighted by atomic mass is 16.5. The summed E-state index contributed by atoms with van der Waals surface area (Å²) < 4.78 is 4.60. The van der Waals surface area contributed by atoms with Crippen molar-refractivity contribution in [1.29, 1.82) is 5.26 Å². The van der Waals surface area contributed by atoms with Crippen LogP contribution in [-0.2, 0) is 14.3 Å². The van der Waals surface area contributed by atoms with E-state index in [1.54, 1.807) is 11.9 Å². The molecule has 1 aromatic carbocycles. The Labute approximate surface area is 142 Å². The minimum atomic E-state index is -0.301. The van der Waals surface area contributed by atoms with Crippen molar-refractivity contribution >= 4 is 17.6 Å². The largest absolute Gasteiger partial charge is 0.469 e. The molecule has 0 aliphatic carbocycles. The van der Waals surface area contributed by atoms with Crippen molar-refractivity contribution < 1.29 is 14.3 Å². The molecule has 0 saturated carbocycles. The monoisotopic (exact) mass is 329 g/mol. The first kappa shape index (κ1) is 17.8. The van der Waals surface area contributed by atoms with Gasteiger partial charge < -0.3 is 14.5 Å². The summed E-state index contributed by atoms with van der Waals surface area (Å²) in [4.78, 5) is 27.5. The highest BCUT2D eigenvalue weighted by Crippen LogP contribution is 2.24. The maximum absolute atomic E-state index is 12.4. The second-order valence-electron chi connectivity index (χ2n) is 6.01. The maximum Gasteiger partial charge on any atom is 0.307 e. The third kappa shape index (κ3) is 4.48. The lowest BCUT2D eigenvalue weighted by Gasteiger charge is -2.34. The molecule has 0 atom stereocenters. The van der Waals surface area contributed by atoms with Gasteiger partial charge in [-0.2, -0.15) is 5.26 Å². The molecule has 0 radical (unpaired) electrons. The molecule has 2 rings (SSSR count). The predicted molar refractivity (Wildman–Crippen MR) is 90.4 cm³/mol. The fraction of sp³-hybridized carbons (Fsp3) is 0.500. The molecule has 24 heavy (non-hydrogen) atoms. The van der Waals surface area contributed by atoms with Crippen LogP contribution in [0.3, 0.4) is 0 Å². The molecule has 0 aromatic heterocycles. The zero-order chi connectivity index (χ0) is 17.5. The first-order chi connectivity index (χ1) is 11.5. The Morgan fingerprint density at radius 2 is 1.92 bits per heavy atom. The zero-order valence-electron chi connectivity index (χ0n) is 14.2. The fourth-order valence-corrected chi connectivity index (χ4v) is 2.91. The second-order valence-corrected chi connectivity index (χ2v) is 6.01. The van der Waals surface area contributed by atoms with Crippen molar-refractivity contribution in [3.05, 3.63) is 29.8 Å². The summed E-state index contributed by atoms with van der Waals surface area (Å²) in [5, 5.41) is 8.85. The predicted octanol–water partition coefficient (Wildman–Crippen LogP) is 1.80. The van der Waals surface area contributed by atoms with Crippen molar-refractivity contribution in [3.8, 4) is 6.07 Å². The van der Waals surface area contributed by atoms with Gasteiger partial charge in [-0.15, -0.1) is 0 Å². The molecule has 6 nitrogen and oxygen atoms in total. The Kier molecular flexibility index (Phi) is 6.19. The van der Waals surface area contributed by atoms with Crippen molar-refractivity contribution in [2.75, 3.05) is 38.7 Å². The smallest absolute Gasteiger partial charge is 0.307 e. The van der Waals surface area contributed by atoms with Crippen molar-refractivity contribution in [2.24, 2.45) is 5.92 Å². The molecule has 0 unspecified atom stereocenters. The van der Waals surface area contributed by atoms with E-state index in [1.165, 1.54) is 7.11 Å². The van der Waals surface area contributed by atoms with Gasteiger partial charge in [0, 0.05) is 38.3 Å². The van der Waals surface area contributed by atoms with Crippen LogP contribution < -0.4 is 4.90 Å². The van der Waals surface area contributed by atoms with Crippen molar-refractivity contribution in [3.63, 3.8) is 0 Å². The SMILES string of the molecule is COC(=O)CCN(C)C(=O)C1CCN(c2ccc(C#N)cc2)CC1. The van der Waals surface area contributed by atoms with E-state index < -0.39 is 0 Å². The van der Waals surface area contributed by atoms with Crippen LogP contribution in [0.15, 0.2) is 24.3 Å². The van der Waals surface area contributed by atoms with E-state index in [1.807, 2.05) is 24.3 Å². The van der Waals surface area contributed by atoms with E-state index in [0.29, 0.717) is 12.1 Å². The van der Waals surface area contributed by atoms with Gasteiger partial charge in [-0.3, -0.25) is 9.59 Å². The molecule has 128 valence electrons. The Hall–Kier alpha value is -2.55. The van der Waals surface area contributed by atoms with Gasteiger partial charge in [-0.05, 0) is 37.1 Å². The number of hydrogen-bond donors (Lipinski definition) is 0. The Bertz CT molecular complexity index is 613. The maximum atomic E-state index is 12.4. The number of nitriles is 1. The highest BCUT2D eigenvalue weighted by Gasteiger charge is 2.27. The lowest BCUT2D eigenvalue weighted by atomic mass is 9.95.